The molecule has 0 amide bonds. The van der Waals surface area contributed by atoms with Crippen molar-refractivity contribution in [2.45, 2.75) is 13.0 Å². The summed E-state index contributed by atoms with van der Waals surface area (Å²) in [5.41, 5.74) is 0. The van der Waals surface area contributed by atoms with Gasteiger partial charge in [-0.15, -0.1) is 0 Å². The summed E-state index contributed by atoms with van der Waals surface area (Å²) in [4.78, 5) is 13.3. The molecule has 1 aromatic rings. The maximum Gasteiger partial charge on any atom is 0.232 e. The summed E-state index contributed by atoms with van der Waals surface area (Å²) < 4.78 is 5.98. The van der Waals surface area contributed by atoms with E-state index in [2.05, 4.69) is 49.7 Å². The van der Waals surface area contributed by atoms with Gasteiger partial charge in [0.25, 0.3) is 0 Å². The summed E-state index contributed by atoms with van der Waals surface area (Å²) in [6.07, 6.45) is 1.74. The first-order chi connectivity index (χ1) is 8.11. The van der Waals surface area contributed by atoms with Gasteiger partial charge in [-0.2, -0.15) is 4.98 Å². The van der Waals surface area contributed by atoms with E-state index in [4.69, 9.17) is 4.74 Å². The van der Waals surface area contributed by atoms with Crippen molar-refractivity contribution in [3.05, 3.63) is 10.7 Å². The first-order valence-corrected chi connectivity index (χ1v) is 6.43. The number of ether oxygens (including phenoxy) is 1. The Morgan fingerprint density at radius 2 is 2.24 bits per heavy atom. The molecular formula is C11H17BrN4O. The van der Waals surface area contributed by atoms with Crippen LogP contribution in [0.25, 0.3) is 0 Å². The van der Waals surface area contributed by atoms with E-state index in [0.29, 0.717) is 11.9 Å². The standard InChI is InChI=1S/C11H17BrN4O/c1-8-7-15(2)4-5-16(8)11-13-6-9(12)10(14-11)17-3/h6,8H,4-5,7H2,1-3H3. The molecular weight excluding hydrogens is 284 g/mol. The highest BCUT2D eigenvalue weighted by Crippen LogP contribution is 2.24. The van der Waals surface area contributed by atoms with Gasteiger partial charge in [0.15, 0.2) is 0 Å². The van der Waals surface area contributed by atoms with Crippen molar-refractivity contribution in [1.29, 1.82) is 0 Å². The largest absolute Gasteiger partial charge is 0.480 e. The van der Waals surface area contributed by atoms with Crippen LogP contribution in [0.3, 0.4) is 0 Å². The van der Waals surface area contributed by atoms with Gasteiger partial charge in [-0.05, 0) is 29.9 Å². The van der Waals surface area contributed by atoms with E-state index in [-0.39, 0.29) is 0 Å². The Balaban J connectivity index is 2.22. The van der Waals surface area contributed by atoms with Gasteiger partial charge >= 0.3 is 0 Å². The van der Waals surface area contributed by atoms with E-state index < -0.39 is 0 Å². The highest BCUT2D eigenvalue weighted by Gasteiger charge is 2.24. The molecule has 2 heterocycles. The van der Waals surface area contributed by atoms with Crippen molar-refractivity contribution < 1.29 is 4.74 Å². The lowest BCUT2D eigenvalue weighted by Gasteiger charge is -2.38. The number of halogens is 1. The molecule has 1 fully saturated rings. The van der Waals surface area contributed by atoms with Crippen molar-refractivity contribution in [2.75, 3.05) is 38.7 Å². The minimum Gasteiger partial charge on any atom is -0.480 e. The van der Waals surface area contributed by atoms with Crippen LogP contribution in [0.5, 0.6) is 5.88 Å². The van der Waals surface area contributed by atoms with Gasteiger partial charge < -0.3 is 14.5 Å². The molecule has 0 saturated carbocycles. The molecule has 0 radical (unpaired) electrons. The van der Waals surface area contributed by atoms with Crippen LogP contribution in [0.15, 0.2) is 10.7 Å². The molecule has 0 N–H and O–H groups in total. The van der Waals surface area contributed by atoms with Crippen LogP contribution < -0.4 is 9.64 Å². The molecule has 1 saturated heterocycles. The summed E-state index contributed by atoms with van der Waals surface area (Å²) in [5.74, 6) is 1.33. The summed E-state index contributed by atoms with van der Waals surface area (Å²) in [6, 6.07) is 0.416. The molecule has 5 nitrogen and oxygen atoms in total. The Labute approximate surface area is 110 Å². The second-order valence-corrected chi connectivity index (χ2v) is 5.19. The Hall–Kier alpha value is -0.880. The van der Waals surface area contributed by atoms with E-state index in [1.54, 1.807) is 13.3 Å². The Morgan fingerprint density at radius 1 is 1.47 bits per heavy atom. The van der Waals surface area contributed by atoms with Crippen LogP contribution in [-0.4, -0.2) is 54.7 Å². The van der Waals surface area contributed by atoms with Gasteiger partial charge in [0, 0.05) is 25.7 Å². The number of aromatic nitrogens is 2. The zero-order valence-electron chi connectivity index (χ0n) is 10.4. The highest BCUT2D eigenvalue weighted by atomic mass is 79.9. The van der Waals surface area contributed by atoms with Gasteiger partial charge in [0.05, 0.1) is 17.8 Å². The molecule has 17 heavy (non-hydrogen) atoms. The molecule has 0 bridgehead atoms. The van der Waals surface area contributed by atoms with Crippen LogP contribution in [0, 0.1) is 0 Å². The summed E-state index contributed by atoms with van der Waals surface area (Å²) in [7, 11) is 3.75. The van der Waals surface area contributed by atoms with E-state index in [0.717, 1.165) is 30.1 Å². The molecule has 1 atom stereocenters. The monoisotopic (exact) mass is 300 g/mol. The molecule has 0 aliphatic carbocycles. The van der Waals surface area contributed by atoms with Crippen molar-refractivity contribution in [2.24, 2.45) is 0 Å². The van der Waals surface area contributed by atoms with Crippen LogP contribution >= 0.6 is 15.9 Å². The second kappa shape index (κ2) is 5.18. The topological polar surface area (TPSA) is 41.5 Å². The molecule has 1 unspecified atom stereocenters. The van der Waals surface area contributed by atoms with E-state index in [1.807, 2.05) is 0 Å². The molecule has 1 aliphatic rings. The number of hydrogen-bond acceptors (Lipinski definition) is 5. The predicted molar refractivity (Wildman–Crippen MR) is 70.6 cm³/mol. The van der Waals surface area contributed by atoms with Gasteiger partial charge in [0.1, 0.15) is 0 Å². The van der Waals surface area contributed by atoms with Gasteiger partial charge in [-0.3, -0.25) is 0 Å². The third-order valence-electron chi connectivity index (χ3n) is 2.98. The maximum atomic E-state index is 5.20. The van der Waals surface area contributed by atoms with E-state index in [9.17, 15) is 0 Å². The maximum absolute atomic E-state index is 5.20. The van der Waals surface area contributed by atoms with Crippen molar-refractivity contribution in [1.82, 2.24) is 14.9 Å². The first-order valence-electron chi connectivity index (χ1n) is 5.63. The lowest BCUT2D eigenvalue weighted by atomic mass is 10.2. The van der Waals surface area contributed by atoms with Crippen molar-refractivity contribution >= 4 is 21.9 Å². The smallest absolute Gasteiger partial charge is 0.232 e. The van der Waals surface area contributed by atoms with Crippen molar-refractivity contribution in [3.63, 3.8) is 0 Å². The molecule has 1 aliphatic heterocycles. The Morgan fingerprint density at radius 3 is 2.88 bits per heavy atom. The normalized spacial score (nSPS) is 21.6. The third kappa shape index (κ3) is 2.69. The number of likely N-dealkylation sites (N-methyl/N-ethyl adjacent to an activating group) is 1. The fourth-order valence-electron chi connectivity index (χ4n) is 2.06. The minimum absolute atomic E-state index is 0.416. The predicted octanol–water partition coefficient (Wildman–Crippen LogP) is 1.39. The third-order valence-corrected chi connectivity index (χ3v) is 3.52. The highest BCUT2D eigenvalue weighted by molar-refractivity contribution is 9.10. The van der Waals surface area contributed by atoms with Crippen LogP contribution in [0.2, 0.25) is 0 Å². The molecule has 0 aromatic carbocycles. The average Bonchev–Trinajstić information content (AvgIpc) is 2.30. The van der Waals surface area contributed by atoms with E-state index in [1.165, 1.54) is 0 Å². The van der Waals surface area contributed by atoms with E-state index >= 15 is 0 Å². The van der Waals surface area contributed by atoms with Gasteiger partial charge in [0.2, 0.25) is 11.8 Å². The fraction of sp³-hybridized carbons (Fsp3) is 0.636. The SMILES string of the molecule is COc1nc(N2CCN(C)CC2C)ncc1Br. The zero-order valence-corrected chi connectivity index (χ0v) is 11.9. The first kappa shape index (κ1) is 12.6. The molecule has 94 valence electrons. The fourth-order valence-corrected chi connectivity index (χ4v) is 2.41. The zero-order chi connectivity index (χ0) is 12.4. The number of hydrogen-bond donors (Lipinski definition) is 0. The quantitative estimate of drug-likeness (QED) is 0.826. The molecule has 1 aromatic heterocycles. The number of rotatable bonds is 2. The molecule has 6 heteroatoms. The Bertz CT molecular complexity index is 401. The van der Waals surface area contributed by atoms with Crippen LogP contribution in [0.4, 0.5) is 5.95 Å². The average molecular weight is 301 g/mol. The summed E-state index contributed by atoms with van der Waals surface area (Å²) >= 11 is 3.36. The second-order valence-electron chi connectivity index (χ2n) is 4.33. The number of methoxy groups -OCH3 is 1. The van der Waals surface area contributed by atoms with Crippen molar-refractivity contribution in [3.8, 4) is 5.88 Å². The summed E-state index contributed by atoms with van der Waals surface area (Å²) in [5, 5.41) is 0. The van der Waals surface area contributed by atoms with Crippen LogP contribution in [-0.2, 0) is 0 Å². The minimum atomic E-state index is 0.416. The van der Waals surface area contributed by atoms with Gasteiger partial charge in [-0.25, -0.2) is 4.98 Å². The number of nitrogens with zero attached hydrogens (tertiary/aromatic N) is 4. The summed E-state index contributed by atoms with van der Waals surface area (Å²) in [6.45, 7) is 5.20. The number of anilines is 1. The Kier molecular flexibility index (Phi) is 3.83. The van der Waals surface area contributed by atoms with Crippen LogP contribution in [0.1, 0.15) is 6.92 Å². The molecule has 2 rings (SSSR count). The lowest BCUT2D eigenvalue weighted by Crippen LogP contribution is -2.51. The number of piperazine rings is 1. The molecule has 0 spiro atoms. The lowest BCUT2D eigenvalue weighted by molar-refractivity contribution is 0.273. The van der Waals surface area contributed by atoms with Gasteiger partial charge in [-0.1, -0.05) is 0 Å².